The van der Waals surface area contributed by atoms with Crippen LogP contribution in [0.25, 0.3) is 0 Å². The molecular weight excluding hydrogens is 336 g/mol. The van der Waals surface area contributed by atoms with Gasteiger partial charge in [0.2, 0.25) is 11.8 Å². The van der Waals surface area contributed by atoms with Crippen LogP contribution in [0.4, 0.5) is 8.78 Å². The topological polar surface area (TPSA) is 20.3 Å². The van der Waals surface area contributed by atoms with Crippen molar-refractivity contribution >= 4 is 33.2 Å². The normalized spacial score (nSPS) is 19.4. The first kappa shape index (κ1) is 14.9. The number of carbonyl (C=O) groups is 1. The summed E-state index contributed by atoms with van der Waals surface area (Å²) in [5.41, 5.74) is 0. The van der Waals surface area contributed by atoms with E-state index in [0.717, 1.165) is 9.35 Å². The van der Waals surface area contributed by atoms with E-state index < -0.39 is 5.92 Å². The van der Waals surface area contributed by atoms with Crippen LogP contribution in [0.1, 0.15) is 30.6 Å². The molecule has 1 aliphatic rings. The smallest absolute Gasteiger partial charge is 0.248 e. The average molecular weight is 352 g/mol. The summed E-state index contributed by atoms with van der Waals surface area (Å²) in [4.78, 5) is 14.9. The second kappa shape index (κ2) is 5.87. The highest BCUT2D eigenvalue weighted by atomic mass is 79.9. The monoisotopic (exact) mass is 351 g/mol. The second-order valence-electron chi connectivity index (χ2n) is 5.06. The fraction of sp³-hybridized carbons (Fsp3) is 0.615. The third-order valence-corrected chi connectivity index (χ3v) is 5.14. The number of thiophene rings is 1. The van der Waals surface area contributed by atoms with Crippen LogP contribution in [0.3, 0.4) is 0 Å². The molecule has 0 N–H and O–H groups in total. The molecule has 0 aromatic carbocycles. The van der Waals surface area contributed by atoms with Crippen LogP contribution in [0.2, 0.25) is 0 Å². The van der Waals surface area contributed by atoms with Crippen LogP contribution in [-0.2, 0) is 11.3 Å². The van der Waals surface area contributed by atoms with E-state index in [2.05, 4.69) is 15.9 Å². The molecule has 0 saturated heterocycles. The zero-order chi connectivity index (χ0) is 14.0. The third kappa shape index (κ3) is 3.99. The van der Waals surface area contributed by atoms with Gasteiger partial charge in [-0.1, -0.05) is 0 Å². The van der Waals surface area contributed by atoms with Crippen molar-refractivity contribution in [2.24, 2.45) is 5.92 Å². The summed E-state index contributed by atoms with van der Waals surface area (Å²) in [6.45, 7) is 0.544. The van der Waals surface area contributed by atoms with Crippen LogP contribution >= 0.6 is 27.3 Å². The number of alkyl halides is 2. The lowest BCUT2D eigenvalue weighted by Crippen LogP contribution is -2.36. The lowest BCUT2D eigenvalue weighted by Gasteiger charge is -2.30. The molecule has 0 bridgehead atoms. The molecule has 1 aliphatic carbocycles. The van der Waals surface area contributed by atoms with E-state index >= 15 is 0 Å². The van der Waals surface area contributed by atoms with E-state index in [1.54, 1.807) is 23.3 Å². The maximum atomic E-state index is 13.1. The van der Waals surface area contributed by atoms with Crippen LogP contribution in [0.5, 0.6) is 0 Å². The standard InChI is InChI=1S/C13H16BrF2NOS/c1-17(7-11-6-10(14)8-19-11)12(18)9-2-4-13(15,16)5-3-9/h6,8-9H,2-5,7H2,1H3. The highest BCUT2D eigenvalue weighted by Crippen LogP contribution is 2.36. The van der Waals surface area contributed by atoms with Crippen molar-refractivity contribution in [3.63, 3.8) is 0 Å². The SMILES string of the molecule is CN(Cc1cc(Br)cs1)C(=O)C1CCC(F)(F)CC1. The highest BCUT2D eigenvalue weighted by molar-refractivity contribution is 9.10. The molecule has 1 aromatic heterocycles. The van der Waals surface area contributed by atoms with Crippen molar-refractivity contribution in [2.75, 3.05) is 7.05 Å². The molecule has 1 aromatic rings. The van der Waals surface area contributed by atoms with Gasteiger partial charge in [-0.3, -0.25) is 4.79 Å². The molecule has 0 atom stereocenters. The van der Waals surface area contributed by atoms with Gasteiger partial charge in [-0.15, -0.1) is 11.3 Å². The predicted molar refractivity (Wildman–Crippen MR) is 75.4 cm³/mol. The number of rotatable bonds is 3. The van der Waals surface area contributed by atoms with Gasteiger partial charge >= 0.3 is 0 Å². The zero-order valence-electron chi connectivity index (χ0n) is 10.7. The van der Waals surface area contributed by atoms with Crippen molar-refractivity contribution in [1.29, 1.82) is 0 Å². The van der Waals surface area contributed by atoms with Gasteiger partial charge in [0.05, 0.1) is 6.54 Å². The Labute approximate surface area is 123 Å². The zero-order valence-corrected chi connectivity index (χ0v) is 13.1. The Balaban J connectivity index is 1.89. The minimum atomic E-state index is -2.58. The minimum Gasteiger partial charge on any atom is -0.340 e. The molecule has 2 nitrogen and oxygen atoms in total. The highest BCUT2D eigenvalue weighted by Gasteiger charge is 2.38. The summed E-state index contributed by atoms with van der Waals surface area (Å²) in [6.07, 6.45) is 0.262. The minimum absolute atomic E-state index is 0.0139. The van der Waals surface area contributed by atoms with Gasteiger partial charge in [0.25, 0.3) is 0 Å². The number of nitrogens with zero attached hydrogens (tertiary/aromatic N) is 1. The molecule has 0 unspecified atom stereocenters. The van der Waals surface area contributed by atoms with E-state index in [9.17, 15) is 13.6 Å². The van der Waals surface area contributed by atoms with Crippen LogP contribution in [-0.4, -0.2) is 23.8 Å². The molecule has 0 spiro atoms. The largest absolute Gasteiger partial charge is 0.340 e. The van der Waals surface area contributed by atoms with Crippen molar-refractivity contribution in [1.82, 2.24) is 4.90 Å². The number of hydrogen-bond acceptors (Lipinski definition) is 2. The van der Waals surface area contributed by atoms with Crippen molar-refractivity contribution < 1.29 is 13.6 Å². The average Bonchev–Trinajstić information content (AvgIpc) is 2.74. The molecule has 106 valence electrons. The fourth-order valence-corrected chi connectivity index (χ4v) is 3.85. The van der Waals surface area contributed by atoms with Crippen molar-refractivity contribution in [3.05, 3.63) is 20.8 Å². The molecule has 1 fully saturated rings. The molecule has 2 rings (SSSR count). The van der Waals surface area contributed by atoms with Gasteiger partial charge in [0.1, 0.15) is 0 Å². The van der Waals surface area contributed by atoms with Gasteiger partial charge in [-0.05, 0) is 34.8 Å². The first-order valence-electron chi connectivity index (χ1n) is 6.23. The molecular formula is C13H16BrF2NOS. The number of carbonyl (C=O) groups excluding carboxylic acids is 1. The molecule has 1 heterocycles. The first-order valence-corrected chi connectivity index (χ1v) is 7.90. The Kier molecular flexibility index (Phi) is 4.61. The Morgan fingerprint density at radius 1 is 1.53 bits per heavy atom. The van der Waals surface area contributed by atoms with E-state index in [1.807, 2.05) is 11.4 Å². The van der Waals surface area contributed by atoms with Crippen LogP contribution < -0.4 is 0 Å². The van der Waals surface area contributed by atoms with Crippen molar-refractivity contribution in [2.45, 2.75) is 38.2 Å². The van der Waals surface area contributed by atoms with E-state index in [-0.39, 0.29) is 24.7 Å². The van der Waals surface area contributed by atoms with Crippen LogP contribution in [0, 0.1) is 5.92 Å². The molecule has 0 aliphatic heterocycles. The molecule has 19 heavy (non-hydrogen) atoms. The quantitative estimate of drug-likeness (QED) is 0.795. The lowest BCUT2D eigenvalue weighted by molar-refractivity contribution is -0.138. The predicted octanol–water partition coefficient (Wildman–Crippen LogP) is 4.29. The van der Waals surface area contributed by atoms with E-state index in [0.29, 0.717) is 19.4 Å². The molecule has 1 amide bonds. The van der Waals surface area contributed by atoms with Gasteiger partial charge in [0.15, 0.2) is 0 Å². The number of halogens is 3. The summed E-state index contributed by atoms with van der Waals surface area (Å²) in [5, 5.41) is 1.97. The maximum Gasteiger partial charge on any atom is 0.248 e. The molecule has 6 heteroatoms. The lowest BCUT2D eigenvalue weighted by atomic mass is 9.86. The number of amides is 1. The second-order valence-corrected chi connectivity index (χ2v) is 6.97. The molecule has 0 radical (unpaired) electrons. The van der Waals surface area contributed by atoms with Crippen LogP contribution in [0.15, 0.2) is 15.9 Å². The van der Waals surface area contributed by atoms with Gasteiger partial charge in [-0.2, -0.15) is 0 Å². The Morgan fingerprint density at radius 2 is 2.16 bits per heavy atom. The molecule has 1 saturated carbocycles. The van der Waals surface area contributed by atoms with E-state index in [1.165, 1.54) is 0 Å². The fourth-order valence-electron chi connectivity index (χ4n) is 2.35. The van der Waals surface area contributed by atoms with Crippen molar-refractivity contribution in [3.8, 4) is 0 Å². The summed E-state index contributed by atoms with van der Waals surface area (Å²) in [5.74, 6) is -2.83. The summed E-state index contributed by atoms with van der Waals surface area (Å²) in [6, 6.07) is 1.98. The summed E-state index contributed by atoms with van der Waals surface area (Å²) in [7, 11) is 1.74. The Hall–Kier alpha value is -0.490. The Morgan fingerprint density at radius 3 is 2.68 bits per heavy atom. The third-order valence-electron chi connectivity index (χ3n) is 3.46. The maximum absolute atomic E-state index is 13.1. The van der Waals surface area contributed by atoms with E-state index in [4.69, 9.17) is 0 Å². The summed E-state index contributed by atoms with van der Waals surface area (Å²) >= 11 is 4.95. The summed E-state index contributed by atoms with van der Waals surface area (Å²) < 4.78 is 27.1. The Bertz CT molecular complexity index is 453. The van der Waals surface area contributed by atoms with Gasteiger partial charge in [0, 0.05) is 40.5 Å². The van der Waals surface area contributed by atoms with Gasteiger partial charge in [-0.25, -0.2) is 8.78 Å². The van der Waals surface area contributed by atoms with Gasteiger partial charge < -0.3 is 4.90 Å². The first-order chi connectivity index (χ1) is 8.87. The number of hydrogen-bond donors (Lipinski definition) is 0.